The molecule has 0 bridgehead atoms. The Labute approximate surface area is 336 Å². The third-order valence-corrected chi connectivity index (χ3v) is 17.6. The molecule has 2 spiro atoms. The molecule has 2 saturated heterocycles. The van der Waals surface area contributed by atoms with E-state index in [0.717, 1.165) is 45.1 Å². The molecule has 0 aromatic rings. The molecule has 56 heavy (non-hydrogen) atoms. The molecule has 6 rings (SSSR count). The van der Waals surface area contributed by atoms with E-state index < -0.39 is 55.4 Å². The smallest absolute Gasteiger partial charge is 0.240 e. The maximum Gasteiger partial charge on any atom is 0.240 e. The van der Waals surface area contributed by atoms with Crippen LogP contribution in [0.4, 0.5) is 0 Å². The lowest BCUT2D eigenvalue weighted by molar-refractivity contribution is -0.147. The Morgan fingerprint density at radius 2 is 1.52 bits per heavy atom. The fraction of sp³-hybridized carbons (Fsp3) is 0.841. The van der Waals surface area contributed by atoms with Gasteiger partial charge in [-0.2, -0.15) is 0 Å². The van der Waals surface area contributed by atoms with Crippen molar-refractivity contribution in [3.8, 4) is 0 Å². The summed E-state index contributed by atoms with van der Waals surface area (Å²) in [6.07, 6.45) is 9.08. The molecule has 0 unspecified atom stereocenters. The summed E-state index contributed by atoms with van der Waals surface area (Å²) in [6.45, 7) is 25.5. The fourth-order valence-electron chi connectivity index (χ4n) is 11.6. The van der Waals surface area contributed by atoms with Crippen LogP contribution >= 0.6 is 0 Å². The zero-order valence-corrected chi connectivity index (χ0v) is 36.7. The molecule has 11 nitrogen and oxygen atoms in total. The number of Topliss-reactive ketones (excluding diaryl/α,β-unsaturated/α-hetero) is 2. The van der Waals surface area contributed by atoms with E-state index in [2.05, 4.69) is 49.2 Å². The number of fused-ring (bicyclic) bond motifs is 1. The molecule has 2 N–H and O–H groups in total. The molecule has 6 aliphatic rings. The number of allylic oxidation sites excluding steroid dienone is 1. The Balaban J connectivity index is 1.27. The second-order valence-electron chi connectivity index (χ2n) is 21.6. The van der Waals surface area contributed by atoms with Gasteiger partial charge in [-0.15, -0.1) is 6.58 Å². The first kappa shape index (κ1) is 43.0. The van der Waals surface area contributed by atoms with Crippen LogP contribution in [-0.2, 0) is 34.0 Å². The molecule has 4 saturated carbocycles. The average Bonchev–Trinajstić information content (AvgIpc) is 4.02. The quantitative estimate of drug-likeness (QED) is 0.205. The van der Waals surface area contributed by atoms with Crippen molar-refractivity contribution >= 4 is 39.3 Å². The molecule has 4 aliphatic carbocycles. The summed E-state index contributed by atoms with van der Waals surface area (Å²) >= 11 is 0. The number of ketones is 2. The third-order valence-electron chi connectivity index (χ3n) is 15.8. The largest absolute Gasteiger partial charge is 0.344 e. The van der Waals surface area contributed by atoms with Crippen LogP contribution in [0.1, 0.15) is 146 Å². The normalized spacial score (nSPS) is 32.1. The van der Waals surface area contributed by atoms with E-state index in [9.17, 15) is 27.6 Å². The van der Waals surface area contributed by atoms with Crippen LogP contribution in [-0.4, -0.2) is 90.0 Å². The van der Waals surface area contributed by atoms with E-state index in [4.69, 9.17) is 0 Å². The number of sulfonamides is 1. The zero-order valence-electron chi connectivity index (χ0n) is 35.9. The standard InChI is InChI=1S/C44H70N4O7S/c1-12-28-23-42(28,38(53)46-56(54,55)29-17-18-29)25-34(50)32-24-44(41(10,11)43(44)19-15-20-43)26-48(32)37(52)30(39(4,5)6)22-33(49)35(40(7,8)9)45-36(51)31-16-13-14-21-47(31)27(2)3/h12,27-32,35H,1,13-26H2,2-11H3,(H,45,51)(H,46,53)/t28-,30-,31-,32+,35-,42-,44-/m1/s1. The van der Waals surface area contributed by atoms with Crippen molar-refractivity contribution in [3.05, 3.63) is 12.7 Å². The number of likely N-dealkylation sites (tertiary alicyclic amines) is 2. The molecule has 12 heteroatoms. The number of nitrogens with one attached hydrogen (secondary N) is 2. The van der Waals surface area contributed by atoms with Crippen LogP contribution in [0, 0.1) is 44.3 Å². The van der Waals surface area contributed by atoms with E-state index >= 15 is 4.79 Å². The predicted octanol–water partition coefficient (Wildman–Crippen LogP) is 5.96. The number of amides is 3. The first-order valence-corrected chi connectivity index (χ1v) is 23.0. The summed E-state index contributed by atoms with van der Waals surface area (Å²) in [5.74, 6) is -2.62. The van der Waals surface area contributed by atoms with Gasteiger partial charge >= 0.3 is 0 Å². The van der Waals surface area contributed by atoms with Crippen LogP contribution in [0.25, 0.3) is 0 Å². The van der Waals surface area contributed by atoms with Crippen LogP contribution in [0.15, 0.2) is 12.7 Å². The SMILES string of the molecule is C=C[C@@H]1C[C@]1(CC(=O)[C@@H]1C[C@@]2(CN1C(=O)[C@@H](CC(=O)[C@@H](NC(=O)[C@H]1CCCCN1C(C)C)C(C)(C)C)C(C)(C)C)C(C)(C)C21CCC1)C(=O)NS(=O)(=O)C1CC1. The molecular weight excluding hydrogens is 729 g/mol. The first-order valence-electron chi connectivity index (χ1n) is 21.4. The Morgan fingerprint density at radius 1 is 0.875 bits per heavy atom. The molecule has 314 valence electrons. The molecule has 2 heterocycles. The Hall–Kier alpha value is -2.60. The van der Waals surface area contributed by atoms with Crippen molar-refractivity contribution in [1.29, 1.82) is 0 Å². The lowest BCUT2D eigenvalue weighted by Crippen LogP contribution is -2.58. The van der Waals surface area contributed by atoms with Gasteiger partial charge in [0, 0.05) is 36.8 Å². The molecule has 7 atom stereocenters. The fourth-order valence-corrected chi connectivity index (χ4v) is 13.0. The second-order valence-corrected chi connectivity index (χ2v) is 23.6. The van der Waals surface area contributed by atoms with E-state index in [1.807, 2.05) is 41.5 Å². The number of carbonyl (C=O) groups is 5. The third kappa shape index (κ3) is 7.12. The number of piperidine rings is 1. The highest BCUT2D eigenvalue weighted by Gasteiger charge is 2.85. The van der Waals surface area contributed by atoms with Gasteiger partial charge in [0.25, 0.3) is 0 Å². The van der Waals surface area contributed by atoms with Crippen molar-refractivity contribution in [2.75, 3.05) is 13.1 Å². The van der Waals surface area contributed by atoms with Gasteiger partial charge in [-0.05, 0) is 99.3 Å². The van der Waals surface area contributed by atoms with Crippen molar-refractivity contribution in [2.24, 2.45) is 44.3 Å². The predicted molar refractivity (Wildman–Crippen MR) is 216 cm³/mol. The number of rotatable bonds is 14. The van der Waals surface area contributed by atoms with E-state index in [-0.39, 0.29) is 70.5 Å². The molecule has 0 aromatic heterocycles. The summed E-state index contributed by atoms with van der Waals surface area (Å²) in [6, 6.07) is -1.75. The minimum Gasteiger partial charge on any atom is -0.344 e. The highest BCUT2D eigenvalue weighted by atomic mass is 32.2. The van der Waals surface area contributed by atoms with Crippen LogP contribution < -0.4 is 10.0 Å². The van der Waals surface area contributed by atoms with E-state index in [1.165, 1.54) is 0 Å². The molecule has 6 fully saturated rings. The van der Waals surface area contributed by atoms with Crippen LogP contribution in [0.3, 0.4) is 0 Å². The number of nitrogens with zero attached hydrogens (tertiary/aromatic N) is 2. The molecule has 3 amide bonds. The minimum atomic E-state index is -3.82. The number of hydrogen-bond acceptors (Lipinski definition) is 8. The Morgan fingerprint density at radius 3 is 2.00 bits per heavy atom. The van der Waals surface area contributed by atoms with Crippen molar-refractivity contribution in [2.45, 2.75) is 176 Å². The van der Waals surface area contributed by atoms with Crippen LogP contribution in [0.5, 0.6) is 0 Å². The van der Waals surface area contributed by atoms with E-state index in [0.29, 0.717) is 32.2 Å². The van der Waals surface area contributed by atoms with Gasteiger partial charge in [0.2, 0.25) is 27.7 Å². The summed E-state index contributed by atoms with van der Waals surface area (Å²) in [5.41, 5.74) is -2.83. The van der Waals surface area contributed by atoms with E-state index in [1.54, 1.807) is 11.0 Å². The Bertz CT molecular complexity index is 1750. The minimum absolute atomic E-state index is 0.0296. The highest BCUT2D eigenvalue weighted by molar-refractivity contribution is 7.90. The topological polar surface area (TPSA) is 150 Å². The van der Waals surface area contributed by atoms with Crippen molar-refractivity contribution in [1.82, 2.24) is 19.8 Å². The number of carbonyl (C=O) groups excluding carboxylic acids is 5. The maximum absolute atomic E-state index is 15.2. The summed E-state index contributed by atoms with van der Waals surface area (Å²) in [4.78, 5) is 76.0. The maximum atomic E-state index is 15.2. The van der Waals surface area contributed by atoms with Crippen LogP contribution in [0.2, 0.25) is 0 Å². The van der Waals surface area contributed by atoms with Gasteiger partial charge in [0.15, 0.2) is 11.6 Å². The van der Waals surface area contributed by atoms with Gasteiger partial charge in [0.05, 0.1) is 28.8 Å². The van der Waals surface area contributed by atoms with Gasteiger partial charge in [-0.3, -0.25) is 33.6 Å². The van der Waals surface area contributed by atoms with Crippen molar-refractivity contribution < 1.29 is 32.4 Å². The zero-order chi connectivity index (χ0) is 41.6. The monoisotopic (exact) mass is 798 g/mol. The number of hydrogen-bond donors (Lipinski definition) is 2. The second kappa shape index (κ2) is 14.3. The molecule has 0 radical (unpaired) electrons. The summed E-state index contributed by atoms with van der Waals surface area (Å²) in [7, 11) is -3.82. The summed E-state index contributed by atoms with van der Waals surface area (Å²) in [5, 5.41) is 2.57. The van der Waals surface area contributed by atoms with Gasteiger partial charge in [-0.25, -0.2) is 8.42 Å². The molecular formula is C44H70N4O7S. The lowest BCUT2D eigenvalue weighted by Gasteiger charge is -2.40. The molecule has 0 aromatic carbocycles. The molecule has 2 aliphatic heterocycles. The average molecular weight is 799 g/mol. The Kier molecular flexibility index (Phi) is 11.0. The summed E-state index contributed by atoms with van der Waals surface area (Å²) < 4.78 is 28.0. The highest BCUT2D eigenvalue weighted by Crippen LogP contribution is 2.88. The van der Waals surface area contributed by atoms with Crippen molar-refractivity contribution in [3.63, 3.8) is 0 Å². The van der Waals surface area contributed by atoms with Gasteiger partial charge < -0.3 is 10.2 Å². The lowest BCUT2D eigenvalue weighted by atomic mass is 9.73. The van der Waals surface area contributed by atoms with Gasteiger partial charge in [-0.1, -0.05) is 74.3 Å². The first-order chi connectivity index (χ1) is 25.8. The van der Waals surface area contributed by atoms with Gasteiger partial charge in [0.1, 0.15) is 0 Å².